The molecule has 0 saturated carbocycles. The van der Waals surface area contributed by atoms with Crippen LogP contribution < -0.4 is 0 Å². The Kier molecular flexibility index (Phi) is 11.0. The van der Waals surface area contributed by atoms with Crippen LogP contribution >= 0.6 is 0 Å². The van der Waals surface area contributed by atoms with Crippen molar-refractivity contribution in [2.75, 3.05) is 0 Å². The van der Waals surface area contributed by atoms with Crippen molar-refractivity contribution in [2.45, 2.75) is 44.3 Å². The predicted molar refractivity (Wildman–Crippen MR) is 58.7 cm³/mol. The Balaban J connectivity index is 2.94. The van der Waals surface area contributed by atoms with Crippen LogP contribution in [-0.4, -0.2) is 15.0 Å². The van der Waals surface area contributed by atoms with Gasteiger partial charge in [-0.25, -0.2) is 0 Å². The summed E-state index contributed by atoms with van der Waals surface area (Å²) in [6.07, 6.45) is 10.8. The van der Waals surface area contributed by atoms with Gasteiger partial charge in [-0.2, -0.15) is 0 Å². The van der Waals surface area contributed by atoms with Crippen molar-refractivity contribution in [3.63, 3.8) is 0 Å². The van der Waals surface area contributed by atoms with E-state index in [1.807, 2.05) is 6.08 Å². The summed E-state index contributed by atoms with van der Waals surface area (Å²) in [5.41, 5.74) is 0. The Morgan fingerprint density at radius 1 is 1.25 bits per heavy atom. The molecule has 0 N–H and O–H groups in total. The molecule has 0 aliphatic rings. The molecule has 0 heterocycles. The van der Waals surface area contributed by atoms with Crippen LogP contribution in [0.15, 0.2) is 23.7 Å². The van der Waals surface area contributed by atoms with Gasteiger partial charge < -0.3 is 0 Å². The number of allylic oxidation sites excluding steroid dienone is 2. The normalized spacial score (nSPS) is 10.8. The molecule has 0 saturated heterocycles. The van der Waals surface area contributed by atoms with Gasteiger partial charge in [0.05, 0.1) is 0 Å². The summed E-state index contributed by atoms with van der Waals surface area (Å²) in [5, 5.41) is 1.42. The van der Waals surface area contributed by atoms with E-state index in [0.29, 0.717) is 0 Å². The third kappa shape index (κ3) is 10.00. The number of unbranched alkanes of at least 4 members (excludes halogenated alkanes) is 3. The van der Waals surface area contributed by atoms with E-state index in [2.05, 4.69) is 24.6 Å². The molecule has 0 unspecified atom stereocenters. The summed E-state index contributed by atoms with van der Waals surface area (Å²) in [6, 6.07) is 0. The quantitative estimate of drug-likeness (QED) is 0.339. The van der Waals surface area contributed by atoms with E-state index in [4.69, 9.17) is 0 Å². The zero-order valence-electron chi connectivity index (χ0n) is 8.09. The molecule has 0 fully saturated rings. The number of hydrogen-bond acceptors (Lipinski definition) is 0. The maximum atomic E-state index is 3.67. The first kappa shape index (κ1) is 12.0. The van der Waals surface area contributed by atoms with Crippen LogP contribution in [0.1, 0.15) is 39.0 Å². The topological polar surface area (TPSA) is 0 Å². The molecule has 0 aromatic carbocycles. The first-order chi connectivity index (χ1) is 5.91. The molecule has 0 spiro atoms. The molecule has 0 radical (unpaired) electrons. The molecule has 0 aromatic heterocycles. The molecule has 0 aromatic rings. The number of rotatable bonds is 8. The van der Waals surface area contributed by atoms with Gasteiger partial charge in [0.1, 0.15) is 0 Å². The summed E-state index contributed by atoms with van der Waals surface area (Å²) >= 11 is 0.747. The van der Waals surface area contributed by atoms with E-state index < -0.39 is 0 Å². The van der Waals surface area contributed by atoms with Gasteiger partial charge in [-0.15, -0.1) is 0 Å². The molecule has 0 nitrogen and oxygen atoms in total. The molecule has 0 bridgehead atoms. The molecule has 70 valence electrons. The Morgan fingerprint density at radius 3 is 2.75 bits per heavy atom. The summed E-state index contributed by atoms with van der Waals surface area (Å²) in [4.78, 5) is 2.33. The van der Waals surface area contributed by atoms with Crippen LogP contribution in [0.2, 0.25) is 5.32 Å². The fourth-order valence-corrected chi connectivity index (χ4v) is 2.48. The summed E-state index contributed by atoms with van der Waals surface area (Å²) in [6.45, 7) is 5.93. The molecule has 1 heteroatoms. The zero-order valence-corrected chi connectivity index (χ0v) is 9.80. The van der Waals surface area contributed by atoms with Crippen molar-refractivity contribution in [3.8, 4) is 0 Å². The Morgan fingerprint density at radius 2 is 2.08 bits per heavy atom. The molecular formula is C11H20Se. The van der Waals surface area contributed by atoms with Gasteiger partial charge in [-0.3, -0.25) is 0 Å². The van der Waals surface area contributed by atoms with Crippen molar-refractivity contribution < 1.29 is 0 Å². The van der Waals surface area contributed by atoms with Gasteiger partial charge in [-0.05, 0) is 0 Å². The van der Waals surface area contributed by atoms with E-state index >= 15 is 0 Å². The molecule has 0 atom stereocenters. The zero-order chi connectivity index (χ0) is 9.07. The van der Waals surface area contributed by atoms with E-state index in [1.54, 1.807) is 0 Å². The Labute approximate surface area is 83.3 Å². The minimum atomic E-state index is 0.747. The van der Waals surface area contributed by atoms with E-state index in [-0.39, 0.29) is 0 Å². The predicted octanol–water partition coefficient (Wildman–Crippen LogP) is 3.78. The number of hydrogen-bond donors (Lipinski definition) is 0. The molecule has 12 heavy (non-hydrogen) atoms. The van der Waals surface area contributed by atoms with Crippen LogP contribution in [0.4, 0.5) is 0 Å². The van der Waals surface area contributed by atoms with Gasteiger partial charge in [0.25, 0.3) is 0 Å². The van der Waals surface area contributed by atoms with Crippen molar-refractivity contribution >= 4 is 15.0 Å². The van der Waals surface area contributed by atoms with Crippen molar-refractivity contribution in [1.29, 1.82) is 0 Å². The fraction of sp³-hybridized carbons (Fsp3) is 0.636. The first-order valence-electron chi connectivity index (χ1n) is 4.79. The summed E-state index contributed by atoms with van der Waals surface area (Å²) in [7, 11) is 0. The Bertz CT molecular complexity index is 116. The first-order valence-corrected chi connectivity index (χ1v) is 6.99. The summed E-state index contributed by atoms with van der Waals surface area (Å²) < 4.78 is 0. The van der Waals surface area contributed by atoms with Crippen LogP contribution in [0, 0.1) is 0 Å². The maximum absolute atomic E-state index is 3.67. The van der Waals surface area contributed by atoms with Crippen LogP contribution in [-0.2, 0) is 0 Å². The van der Waals surface area contributed by atoms with E-state index in [1.165, 1.54) is 31.0 Å². The fourth-order valence-electron chi connectivity index (χ4n) is 0.900. The SMILES string of the molecule is C=CC/C=C/[Se]CCCCCC. The molecule has 0 rings (SSSR count). The van der Waals surface area contributed by atoms with E-state index in [9.17, 15) is 0 Å². The average molecular weight is 231 g/mol. The van der Waals surface area contributed by atoms with Crippen LogP contribution in [0.5, 0.6) is 0 Å². The van der Waals surface area contributed by atoms with Crippen molar-refractivity contribution in [2.24, 2.45) is 0 Å². The van der Waals surface area contributed by atoms with Crippen molar-refractivity contribution in [1.82, 2.24) is 0 Å². The van der Waals surface area contributed by atoms with Gasteiger partial charge in [0.2, 0.25) is 0 Å². The molecule has 0 amide bonds. The Hall–Kier alpha value is -0.000519. The third-order valence-corrected chi connectivity index (χ3v) is 3.52. The molecule has 0 aliphatic carbocycles. The second-order valence-corrected chi connectivity index (χ2v) is 4.95. The van der Waals surface area contributed by atoms with Gasteiger partial charge in [-0.1, -0.05) is 0 Å². The standard InChI is InChI=1S/C11H20Se/c1-3-5-7-9-11-12-10-8-6-4-2/h4,8,10H,2-3,5-7,9,11H2,1H3/b10-8+. The van der Waals surface area contributed by atoms with Crippen LogP contribution in [0.3, 0.4) is 0 Å². The van der Waals surface area contributed by atoms with Gasteiger partial charge in [0, 0.05) is 0 Å². The third-order valence-electron chi connectivity index (χ3n) is 1.61. The second kappa shape index (κ2) is 11.0. The van der Waals surface area contributed by atoms with Gasteiger partial charge in [0.15, 0.2) is 0 Å². The minimum absolute atomic E-state index is 0.747. The van der Waals surface area contributed by atoms with Crippen molar-refractivity contribution in [3.05, 3.63) is 23.7 Å². The average Bonchev–Trinajstić information content (AvgIpc) is 2.10. The molecule has 0 aliphatic heterocycles. The van der Waals surface area contributed by atoms with E-state index in [0.717, 1.165) is 21.4 Å². The van der Waals surface area contributed by atoms with Gasteiger partial charge >= 0.3 is 83.0 Å². The second-order valence-electron chi connectivity index (χ2n) is 2.83. The summed E-state index contributed by atoms with van der Waals surface area (Å²) in [5.74, 6) is 0. The molecular weight excluding hydrogens is 211 g/mol. The van der Waals surface area contributed by atoms with Crippen LogP contribution in [0.25, 0.3) is 0 Å². The monoisotopic (exact) mass is 232 g/mol.